The molecule has 0 unspecified atom stereocenters. The lowest BCUT2D eigenvalue weighted by Crippen LogP contribution is -2.21. The fourth-order valence-electron chi connectivity index (χ4n) is 0.226. The first-order valence-electron chi connectivity index (χ1n) is 2.17. The van der Waals surface area contributed by atoms with E-state index in [1.54, 1.807) is 0 Å². The first kappa shape index (κ1) is 7.33. The molecule has 0 aliphatic rings. The quantitative estimate of drug-likeness (QED) is 0.469. The van der Waals surface area contributed by atoms with Crippen LogP contribution in [0.3, 0.4) is 0 Å². The van der Waals surface area contributed by atoms with Crippen LogP contribution in [0.1, 0.15) is 0 Å². The molecule has 0 aliphatic heterocycles. The van der Waals surface area contributed by atoms with E-state index in [1.807, 2.05) is 0 Å². The van der Waals surface area contributed by atoms with Crippen molar-refractivity contribution in [1.29, 1.82) is 0 Å². The number of aliphatic hydroxyl groups excluding tert-OH is 2. The zero-order valence-corrected chi connectivity index (χ0v) is 4.37. The standard InChI is InChI=1S/C5H8O3/c1-2-4(7)5(8)3-6/h2,5-6,8H,1,3H2/t5-/m0/s1. The van der Waals surface area contributed by atoms with Gasteiger partial charge in [0.15, 0.2) is 5.78 Å². The van der Waals surface area contributed by atoms with Crippen molar-refractivity contribution in [3.8, 4) is 0 Å². The summed E-state index contributed by atoms with van der Waals surface area (Å²) >= 11 is 0. The van der Waals surface area contributed by atoms with Crippen molar-refractivity contribution >= 4 is 5.78 Å². The fraction of sp³-hybridized carbons (Fsp3) is 0.400. The average Bonchev–Trinajstić information content (AvgIpc) is 1.84. The molecule has 0 aliphatic carbocycles. The molecule has 3 heteroatoms. The Morgan fingerprint density at radius 2 is 2.38 bits per heavy atom. The summed E-state index contributed by atoms with van der Waals surface area (Å²) in [6.07, 6.45) is -0.312. The summed E-state index contributed by atoms with van der Waals surface area (Å²) in [4.78, 5) is 10.2. The third-order valence-corrected chi connectivity index (χ3v) is 0.703. The minimum Gasteiger partial charge on any atom is -0.393 e. The van der Waals surface area contributed by atoms with Crippen molar-refractivity contribution < 1.29 is 15.0 Å². The van der Waals surface area contributed by atoms with Gasteiger partial charge in [0.05, 0.1) is 6.61 Å². The second kappa shape index (κ2) is 3.35. The van der Waals surface area contributed by atoms with E-state index in [-0.39, 0.29) is 0 Å². The maximum Gasteiger partial charge on any atom is 0.185 e. The van der Waals surface area contributed by atoms with Gasteiger partial charge in [-0.1, -0.05) is 6.58 Å². The molecular formula is C5H8O3. The SMILES string of the molecule is C=CC(=O)[C@@H](O)CO. The summed E-state index contributed by atoms with van der Waals surface area (Å²) in [7, 11) is 0. The molecule has 0 fully saturated rings. The number of aliphatic hydroxyl groups is 2. The molecule has 0 heterocycles. The van der Waals surface area contributed by atoms with Gasteiger partial charge in [-0.3, -0.25) is 4.79 Å². The highest BCUT2D eigenvalue weighted by atomic mass is 16.3. The summed E-state index contributed by atoms with van der Waals surface area (Å²) in [6, 6.07) is 0. The predicted octanol–water partition coefficient (Wildman–Crippen LogP) is -0.905. The van der Waals surface area contributed by atoms with Crippen LogP contribution >= 0.6 is 0 Å². The van der Waals surface area contributed by atoms with Gasteiger partial charge in [0.25, 0.3) is 0 Å². The van der Waals surface area contributed by atoms with E-state index in [0.717, 1.165) is 6.08 Å². The van der Waals surface area contributed by atoms with E-state index >= 15 is 0 Å². The lowest BCUT2D eigenvalue weighted by Gasteiger charge is -1.98. The molecule has 0 bridgehead atoms. The van der Waals surface area contributed by atoms with E-state index in [0.29, 0.717) is 0 Å². The molecule has 46 valence electrons. The maximum absolute atomic E-state index is 10.2. The molecule has 0 aromatic carbocycles. The minimum absolute atomic E-state index is 0.537. The second-order valence-electron chi connectivity index (χ2n) is 1.30. The van der Waals surface area contributed by atoms with E-state index in [1.165, 1.54) is 0 Å². The molecule has 1 atom stereocenters. The molecule has 0 aromatic rings. The molecule has 8 heavy (non-hydrogen) atoms. The summed E-state index contributed by atoms with van der Waals surface area (Å²) in [5.41, 5.74) is 0. The number of carbonyl (C=O) groups is 1. The number of carbonyl (C=O) groups excluding carboxylic acids is 1. The molecule has 2 N–H and O–H groups in total. The van der Waals surface area contributed by atoms with Gasteiger partial charge in [-0.25, -0.2) is 0 Å². The summed E-state index contributed by atoms with van der Waals surface area (Å²) in [6.45, 7) is 2.57. The van der Waals surface area contributed by atoms with Crippen molar-refractivity contribution in [3.05, 3.63) is 12.7 Å². The number of rotatable bonds is 3. The molecule has 0 aromatic heterocycles. The van der Waals surface area contributed by atoms with Gasteiger partial charge in [0, 0.05) is 0 Å². The molecule has 0 radical (unpaired) electrons. The first-order chi connectivity index (χ1) is 3.72. The zero-order valence-electron chi connectivity index (χ0n) is 4.37. The predicted molar refractivity (Wildman–Crippen MR) is 28.3 cm³/mol. The number of hydrogen-bond acceptors (Lipinski definition) is 3. The number of hydrogen-bond donors (Lipinski definition) is 2. The molecule has 3 nitrogen and oxygen atoms in total. The third kappa shape index (κ3) is 1.86. The molecule has 0 saturated heterocycles. The Morgan fingerprint density at radius 1 is 1.88 bits per heavy atom. The summed E-state index contributed by atoms with van der Waals surface area (Å²) in [5, 5.41) is 16.6. The Bertz CT molecular complexity index is 97.8. The van der Waals surface area contributed by atoms with Crippen LogP contribution in [0.15, 0.2) is 12.7 Å². The van der Waals surface area contributed by atoms with Crippen molar-refractivity contribution in [2.45, 2.75) is 6.10 Å². The molecule has 0 amide bonds. The van der Waals surface area contributed by atoms with Crippen LogP contribution in [0.25, 0.3) is 0 Å². The van der Waals surface area contributed by atoms with Crippen LogP contribution < -0.4 is 0 Å². The van der Waals surface area contributed by atoms with Crippen LogP contribution in [0, 0.1) is 0 Å². The Kier molecular flexibility index (Phi) is 3.07. The second-order valence-corrected chi connectivity index (χ2v) is 1.30. The molecule has 0 saturated carbocycles. The Morgan fingerprint density at radius 3 is 2.50 bits per heavy atom. The van der Waals surface area contributed by atoms with Crippen LogP contribution in [-0.4, -0.2) is 28.7 Å². The first-order valence-corrected chi connectivity index (χ1v) is 2.17. The lowest BCUT2D eigenvalue weighted by molar-refractivity contribution is -0.123. The lowest BCUT2D eigenvalue weighted by atomic mass is 10.2. The van der Waals surface area contributed by atoms with Crippen LogP contribution in [0.5, 0.6) is 0 Å². The van der Waals surface area contributed by atoms with E-state index in [4.69, 9.17) is 10.2 Å². The normalized spacial score (nSPS) is 12.8. The van der Waals surface area contributed by atoms with E-state index in [2.05, 4.69) is 6.58 Å². The van der Waals surface area contributed by atoms with Gasteiger partial charge in [-0.05, 0) is 6.08 Å². The van der Waals surface area contributed by atoms with Gasteiger partial charge >= 0.3 is 0 Å². The Labute approximate surface area is 47.3 Å². The van der Waals surface area contributed by atoms with Crippen molar-refractivity contribution in [2.75, 3.05) is 6.61 Å². The Hall–Kier alpha value is -0.670. The van der Waals surface area contributed by atoms with Gasteiger partial charge in [0.1, 0.15) is 6.10 Å². The summed E-state index contributed by atoms with van der Waals surface area (Å²) in [5.74, 6) is -0.549. The Balaban J connectivity index is 3.62. The van der Waals surface area contributed by atoms with Gasteiger partial charge < -0.3 is 10.2 Å². The van der Waals surface area contributed by atoms with Crippen molar-refractivity contribution in [2.24, 2.45) is 0 Å². The van der Waals surface area contributed by atoms with Crippen LogP contribution in [0.4, 0.5) is 0 Å². The zero-order chi connectivity index (χ0) is 6.57. The average molecular weight is 116 g/mol. The van der Waals surface area contributed by atoms with Crippen molar-refractivity contribution in [1.82, 2.24) is 0 Å². The molecule has 0 rings (SSSR count). The minimum atomic E-state index is -1.28. The maximum atomic E-state index is 10.2. The molecular weight excluding hydrogens is 108 g/mol. The highest BCUT2D eigenvalue weighted by molar-refractivity contribution is 5.92. The topological polar surface area (TPSA) is 57.5 Å². The van der Waals surface area contributed by atoms with Crippen molar-refractivity contribution in [3.63, 3.8) is 0 Å². The smallest absolute Gasteiger partial charge is 0.185 e. The van der Waals surface area contributed by atoms with Crippen LogP contribution in [-0.2, 0) is 4.79 Å². The van der Waals surface area contributed by atoms with E-state index in [9.17, 15) is 4.79 Å². The van der Waals surface area contributed by atoms with Gasteiger partial charge in [-0.2, -0.15) is 0 Å². The molecule has 0 spiro atoms. The van der Waals surface area contributed by atoms with Gasteiger partial charge in [-0.15, -0.1) is 0 Å². The highest BCUT2D eigenvalue weighted by Gasteiger charge is 2.07. The van der Waals surface area contributed by atoms with Gasteiger partial charge in [0.2, 0.25) is 0 Å². The van der Waals surface area contributed by atoms with E-state index < -0.39 is 18.5 Å². The highest BCUT2D eigenvalue weighted by Crippen LogP contribution is 1.82. The monoisotopic (exact) mass is 116 g/mol. The van der Waals surface area contributed by atoms with Crippen LogP contribution in [0.2, 0.25) is 0 Å². The third-order valence-electron chi connectivity index (χ3n) is 0.703. The summed E-state index contributed by atoms with van der Waals surface area (Å²) < 4.78 is 0. The fourth-order valence-corrected chi connectivity index (χ4v) is 0.226. The largest absolute Gasteiger partial charge is 0.393 e. The number of ketones is 1.